The van der Waals surface area contributed by atoms with Gasteiger partial charge in [0.15, 0.2) is 11.5 Å². The van der Waals surface area contributed by atoms with Crippen LogP contribution in [0.15, 0.2) is 89.1 Å². The Morgan fingerprint density at radius 3 is 2.14 bits per heavy atom. The number of nitrogens with zero attached hydrogens (tertiary/aromatic N) is 2. The van der Waals surface area contributed by atoms with Crippen molar-refractivity contribution in [2.24, 2.45) is 10.2 Å². The second-order valence-electron chi connectivity index (χ2n) is 6.02. The Morgan fingerprint density at radius 1 is 0.828 bits per heavy atom. The van der Waals surface area contributed by atoms with Gasteiger partial charge in [0.25, 0.3) is 0 Å². The Bertz CT molecular complexity index is 1010. The molecule has 0 aliphatic carbocycles. The van der Waals surface area contributed by atoms with Crippen molar-refractivity contribution in [3.05, 3.63) is 84.4 Å². The van der Waals surface area contributed by atoms with E-state index in [1.807, 2.05) is 36.4 Å². The molecule has 1 amide bonds. The molecule has 0 bridgehead atoms. The highest BCUT2D eigenvalue weighted by Crippen LogP contribution is 2.28. The molecule has 6 heteroatoms. The molecule has 0 aromatic heterocycles. The third kappa shape index (κ3) is 5.77. The van der Waals surface area contributed by atoms with Gasteiger partial charge in [0.1, 0.15) is 0 Å². The van der Waals surface area contributed by atoms with Crippen molar-refractivity contribution in [3.63, 3.8) is 0 Å². The Labute approximate surface area is 169 Å². The standard InChI is InChI=1S/C23H21N3O3/c1-28-21-14-8-17(16-22(21)29-2)9-15-23(27)24-18-10-12-20(13-11-18)26-25-19-6-4-3-5-7-19/h3-16H,1-2H3,(H,24,27)/b15-9+,26-25?. The number of methoxy groups -OCH3 is 2. The molecule has 0 aliphatic rings. The van der Waals surface area contributed by atoms with E-state index < -0.39 is 0 Å². The molecule has 0 radical (unpaired) electrons. The largest absolute Gasteiger partial charge is 0.493 e. The summed E-state index contributed by atoms with van der Waals surface area (Å²) in [5.41, 5.74) is 2.98. The summed E-state index contributed by atoms with van der Waals surface area (Å²) in [5, 5.41) is 11.2. The lowest BCUT2D eigenvalue weighted by Crippen LogP contribution is -2.07. The van der Waals surface area contributed by atoms with Gasteiger partial charge in [-0.05, 0) is 60.2 Å². The number of anilines is 1. The normalized spacial score (nSPS) is 11.0. The van der Waals surface area contributed by atoms with E-state index in [-0.39, 0.29) is 5.91 Å². The van der Waals surface area contributed by atoms with Crippen LogP contribution in [-0.2, 0) is 4.79 Å². The Hall–Kier alpha value is -3.93. The van der Waals surface area contributed by atoms with E-state index in [4.69, 9.17) is 9.47 Å². The van der Waals surface area contributed by atoms with Crippen LogP contribution in [0.4, 0.5) is 17.1 Å². The first kappa shape index (κ1) is 19.8. The van der Waals surface area contributed by atoms with Crippen molar-refractivity contribution < 1.29 is 14.3 Å². The number of rotatable bonds is 7. The van der Waals surface area contributed by atoms with Gasteiger partial charge in [0, 0.05) is 11.8 Å². The van der Waals surface area contributed by atoms with E-state index >= 15 is 0 Å². The summed E-state index contributed by atoms with van der Waals surface area (Å²) in [7, 11) is 3.15. The fourth-order valence-corrected chi connectivity index (χ4v) is 2.53. The van der Waals surface area contributed by atoms with Gasteiger partial charge in [-0.15, -0.1) is 0 Å². The van der Waals surface area contributed by atoms with Crippen LogP contribution in [0.2, 0.25) is 0 Å². The third-order valence-corrected chi connectivity index (χ3v) is 4.01. The van der Waals surface area contributed by atoms with Crippen LogP contribution < -0.4 is 14.8 Å². The van der Waals surface area contributed by atoms with Gasteiger partial charge >= 0.3 is 0 Å². The molecule has 0 saturated heterocycles. The average Bonchev–Trinajstić information content (AvgIpc) is 2.77. The summed E-state index contributed by atoms with van der Waals surface area (Å²) in [6.45, 7) is 0. The number of nitrogens with one attached hydrogen (secondary N) is 1. The van der Waals surface area contributed by atoms with Crippen molar-refractivity contribution in [2.75, 3.05) is 19.5 Å². The molecule has 0 saturated carbocycles. The van der Waals surface area contributed by atoms with Crippen LogP contribution in [0.1, 0.15) is 5.56 Å². The predicted molar refractivity (Wildman–Crippen MR) is 114 cm³/mol. The van der Waals surface area contributed by atoms with Crippen molar-refractivity contribution in [1.82, 2.24) is 0 Å². The Kier molecular flexibility index (Phi) is 6.73. The fourth-order valence-electron chi connectivity index (χ4n) is 2.53. The van der Waals surface area contributed by atoms with Crippen molar-refractivity contribution in [3.8, 4) is 11.5 Å². The van der Waals surface area contributed by atoms with Crippen LogP contribution in [0.5, 0.6) is 11.5 Å². The maximum atomic E-state index is 12.2. The van der Waals surface area contributed by atoms with Crippen molar-refractivity contribution >= 4 is 29.0 Å². The highest BCUT2D eigenvalue weighted by atomic mass is 16.5. The first-order valence-corrected chi connectivity index (χ1v) is 8.96. The Morgan fingerprint density at radius 2 is 1.48 bits per heavy atom. The molecular formula is C23H21N3O3. The summed E-state index contributed by atoms with van der Waals surface area (Å²) in [4.78, 5) is 12.2. The number of hydrogen-bond acceptors (Lipinski definition) is 5. The molecule has 0 unspecified atom stereocenters. The Balaban J connectivity index is 1.59. The second-order valence-corrected chi connectivity index (χ2v) is 6.02. The first-order chi connectivity index (χ1) is 14.2. The zero-order valence-electron chi connectivity index (χ0n) is 16.2. The van der Waals surface area contributed by atoms with E-state index in [1.165, 1.54) is 6.08 Å². The summed E-state index contributed by atoms with van der Waals surface area (Å²) >= 11 is 0. The minimum Gasteiger partial charge on any atom is -0.493 e. The van der Waals surface area contributed by atoms with E-state index in [0.717, 1.165) is 11.3 Å². The molecule has 0 heterocycles. The smallest absolute Gasteiger partial charge is 0.248 e. The van der Waals surface area contributed by atoms with Crippen molar-refractivity contribution in [1.29, 1.82) is 0 Å². The minimum absolute atomic E-state index is 0.238. The lowest BCUT2D eigenvalue weighted by atomic mass is 10.2. The topological polar surface area (TPSA) is 72.3 Å². The molecular weight excluding hydrogens is 366 g/mol. The van der Waals surface area contributed by atoms with Gasteiger partial charge < -0.3 is 14.8 Å². The molecule has 3 aromatic carbocycles. The molecule has 0 fully saturated rings. The zero-order valence-corrected chi connectivity index (χ0v) is 16.2. The quantitative estimate of drug-likeness (QED) is 0.413. The van der Waals surface area contributed by atoms with Crippen LogP contribution in [0.25, 0.3) is 6.08 Å². The van der Waals surface area contributed by atoms with E-state index in [9.17, 15) is 4.79 Å². The van der Waals surface area contributed by atoms with Gasteiger partial charge in [0.2, 0.25) is 5.91 Å². The summed E-state index contributed by atoms with van der Waals surface area (Å²) in [6.07, 6.45) is 3.17. The van der Waals surface area contributed by atoms with Crippen LogP contribution in [0.3, 0.4) is 0 Å². The minimum atomic E-state index is -0.238. The van der Waals surface area contributed by atoms with E-state index in [2.05, 4.69) is 15.5 Å². The number of amides is 1. The van der Waals surface area contributed by atoms with Crippen molar-refractivity contribution in [2.45, 2.75) is 0 Å². The van der Waals surface area contributed by atoms with Gasteiger partial charge in [-0.2, -0.15) is 10.2 Å². The van der Waals surface area contributed by atoms with Gasteiger partial charge in [-0.3, -0.25) is 4.79 Å². The molecule has 3 rings (SSSR count). The molecule has 3 aromatic rings. The lowest BCUT2D eigenvalue weighted by Gasteiger charge is -2.07. The maximum absolute atomic E-state index is 12.2. The highest BCUT2D eigenvalue weighted by Gasteiger charge is 2.03. The predicted octanol–water partition coefficient (Wildman–Crippen LogP) is 5.77. The average molecular weight is 387 g/mol. The first-order valence-electron chi connectivity index (χ1n) is 8.96. The highest BCUT2D eigenvalue weighted by molar-refractivity contribution is 6.02. The number of ether oxygens (including phenoxy) is 2. The SMILES string of the molecule is COc1ccc(/C=C/C(=O)Nc2ccc(N=Nc3ccccc3)cc2)cc1OC. The van der Waals surface area contributed by atoms with Gasteiger partial charge in [-0.25, -0.2) is 0 Å². The molecule has 1 N–H and O–H groups in total. The van der Waals surface area contributed by atoms with E-state index in [1.54, 1.807) is 56.7 Å². The van der Waals surface area contributed by atoms with Gasteiger partial charge in [0.05, 0.1) is 25.6 Å². The molecule has 146 valence electrons. The van der Waals surface area contributed by atoms with Gasteiger partial charge in [-0.1, -0.05) is 24.3 Å². The monoisotopic (exact) mass is 387 g/mol. The lowest BCUT2D eigenvalue weighted by molar-refractivity contribution is -0.111. The zero-order chi connectivity index (χ0) is 20.5. The number of carbonyl (C=O) groups is 1. The third-order valence-electron chi connectivity index (χ3n) is 4.01. The molecule has 0 atom stereocenters. The van der Waals surface area contributed by atoms with E-state index in [0.29, 0.717) is 22.9 Å². The molecule has 6 nitrogen and oxygen atoms in total. The second kappa shape index (κ2) is 9.85. The number of carbonyl (C=O) groups excluding carboxylic acids is 1. The number of hydrogen-bond donors (Lipinski definition) is 1. The van der Waals surface area contributed by atoms with Crippen LogP contribution in [0, 0.1) is 0 Å². The fraction of sp³-hybridized carbons (Fsp3) is 0.0870. The van der Waals surface area contributed by atoms with Crippen LogP contribution >= 0.6 is 0 Å². The molecule has 0 aliphatic heterocycles. The number of azo groups is 1. The summed E-state index contributed by atoms with van der Waals surface area (Å²) in [6, 6.07) is 22.1. The summed E-state index contributed by atoms with van der Waals surface area (Å²) in [5.74, 6) is 1.01. The number of benzene rings is 3. The maximum Gasteiger partial charge on any atom is 0.248 e. The van der Waals surface area contributed by atoms with Crippen LogP contribution in [-0.4, -0.2) is 20.1 Å². The molecule has 0 spiro atoms. The molecule has 29 heavy (non-hydrogen) atoms. The summed E-state index contributed by atoms with van der Waals surface area (Å²) < 4.78 is 10.5.